The van der Waals surface area contributed by atoms with Crippen LogP contribution in [0.25, 0.3) is 0 Å². The summed E-state index contributed by atoms with van der Waals surface area (Å²) in [5.74, 6) is -1.41. The molecule has 1 aromatic carbocycles. The van der Waals surface area contributed by atoms with Gasteiger partial charge in [-0.25, -0.2) is 9.59 Å². The van der Waals surface area contributed by atoms with Gasteiger partial charge in [0, 0.05) is 11.8 Å². The first-order valence-corrected chi connectivity index (χ1v) is 5.59. The zero-order chi connectivity index (χ0) is 13.1. The molecule has 18 heavy (non-hydrogen) atoms. The summed E-state index contributed by atoms with van der Waals surface area (Å²) in [4.78, 5) is 22.2. The van der Waals surface area contributed by atoms with Crippen molar-refractivity contribution in [1.82, 2.24) is 0 Å². The molecule has 0 unspecified atom stereocenters. The predicted octanol–water partition coefficient (Wildman–Crippen LogP) is 2.19. The summed E-state index contributed by atoms with van der Waals surface area (Å²) >= 11 is 0. The van der Waals surface area contributed by atoms with E-state index in [1.807, 2.05) is 0 Å². The summed E-state index contributed by atoms with van der Waals surface area (Å²) in [5.41, 5.74) is 0.0886. The van der Waals surface area contributed by atoms with E-state index in [9.17, 15) is 14.7 Å². The van der Waals surface area contributed by atoms with E-state index in [0.717, 1.165) is 25.3 Å². The highest BCUT2D eigenvalue weighted by molar-refractivity contribution is 5.92. The molecule has 0 aromatic heterocycles. The Morgan fingerprint density at radius 1 is 1.28 bits per heavy atom. The Bertz CT molecular complexity index is 481. The minimum Gasteiger partial charge on any atom is -0.508 e. The number of benzene rings is 1. The Morgan fingerprint density at radius 3 is 2.56 bits per heavy atom. The number of aromatic carboxylic acids is 1. The summed E-state index contributed by atoms with van der Waals surface area (Å²) in [5, 5.41) is 20.5. The molecule has 1 aliphatic carbocycles. The van der Waals surface area contributed by atoms with Crippen LogP contribution in [0.5, 0.6) is 5.75 Å². The molecule has 1 fully saturated rings. The second kappa shape index (κ2) is 4.95. The normalized spacial score (nSPS) is 14.7. The van der Waals surface area contributed by atoms with Crippen molar-refractivity contribution >= 4 is 17.7 Å². The molecule has 0 radical (unpaired) electrons. The molecule has 1 aromatic rings. The summed E-state index contributed by atoms with van der Waals surface area (Å²) in [7, 11) is 0. The molecule has 0 heterocycles. The molecule has 0 bridgehead atoms. The number of carbonyl (C=O) groups is 2. The first kappa shape index (κ1) is 12.2. The molecule has 0 atom stereocenters. The number of phenols is 1. The maximum absolute atomic E-state index is 11.4. The maximum atomic E-state index is 11.4. The van der Waals surface area contributed by atoms with Gasteiger partial charge in [0.25, 0.3) is 0 Å². The highest BCUT2D eigenvalue weighted by Crippen LogP contribution is 2.24. The number of rotatable bonds is 3. The van der Waals surface area contributed by atoms with Crippen molar-refractivity contribution in [2.24, 2.45) is 0 Å². The molecular weight excluding hydrogens is 238 g/mol. The fourth-order valence-corrected chi connectivity index (χ4v) is 1.59. The Hall–Kier alpha value is -2.24. The van der Waals surface area contributed by atoms with Gasteiger partial charge in [-0.3, -0.25) is 5.32 Å². The van der Waals surface area contributed by atoms with Crippen molar-refractivity contribution in [3.05, 3.63) is 23.8 Å². The van der Waals surface area contributed by atoms with Crippen LogP contribution in [0.1, 0.15) is 29.6 Å². The molecule has 1 aliphatic rings. The molecule has 0 saturated heterocycles. The Balaban J connectivity index is 2.03. The number of carboxylic acids is 1. The highest BCUT2D eigenvalue weighted by Gasteiger charge is 2.21. The van der Waals surface area contributed by atoms with Crippen molar-refractivity contribution in [3.63, 3.8) is 0 Å². The van der Waals surface area contributed by atoms with Gasteiger partial charge in [-0.1, -0.05) is 0 Å². The van der Waals surface area contributed by atoms with Crippen molar-refractivity contribution < 1.29 is 24.5 Å². The van der Waals surface area contributed by atoms with E-state index < -0.39 is 12.1 Å². The Labute approximate surface area is 103 Å². The predicted molar refractivity (Wildman–Crippen MR) is 62.8 cm³/mol. The van der Waals surface area contributed by atoms with E-state index in [1.165, 1.54) is 12.1 Å². The van der Waals surface area contributed by atoms with Crippen molar-refractivity contribution in [2.75, 3.05) is 5.32 Å². The topological polar surface area (TPSA) is 95.9 Å². The number of phenolic OH excluding ortho intramolecular Hbond substituents is 1. The quantitative estimate of drug-likeness (QED) is 0.765. The van der Waals surface area contributed by atoms with E-state index in [4.69, 9.17) is 9.84 Å². The van der Waals surface area contributed by atoms with E-state index in [1.54, 1.807) is 0 Å². The zero-order valence-electron chi connectivity index (χ0n) is 9.55. The lowest BCUT2D eigenvalue weighted by atomic mass is 9.96. The number of carbonyl (C=O) groups excluding carboxylic acids is 1. The van der Waals surface area contributed by atoms with Crippen molar-refractivity contribution in [3.8, 4) is 5.75 Å². The third-order valence-corrected chi connectivity index (χ3v) is 2.74. The summed E-state index contributed by atoms with van der Waals surface area (Å²) in [6.07, 6.45) is 2.07. The molecule has 0 aliphatic heterocycles. The largest absolute Gasteiger partial charge is 0.508 e. The van der Waals surface area contributed by atoms with E-state index in [0.29, 0.717) is 0 Å². The average molecular weight is 251 g/mol. The molecule has 3 N–H and O–H groups in total. The number of carboxylic acid groups (broad SMARTS) is 1. The van der Waals surface area contributed by atoms with E-state index in [2.05, 4.69) is 5.32 Å². The second-order valence-corrected chi connectivity index (χ2v) is 4.16. The van der Waals surface area contributed by atoms with Crippen molar-refractivity contribution in [2.45, 2.75) is 25.4 Å². The van der Waals surface area contributed by atoms with Crippen LogP contribution in [0, 0.1) is 0 Å². The number of hydrogen-bond donors (Lipinski definition) is 3. The number of amides is 1. The lowest BCUT2D eigenvalue weighted by molar-refractivity contribution is 0.0622. The van der Waals surface area contributed by atoms with Crippen LogP contribution >= 0.6 is 0 Å². The highest BCUT2D eigenvalue weighted by atomic mass is 16.6. The van der Waals surface area contributed by atoms with Gasteiger partial charge in [0.05, 0.1) is 5.56 Å². The standard InChI is InChI=1S/C12H13NO5/c14-9-5-7(11(15)16)4-8(6-9)13-12(17)18-10-2-1-3-10/h4-6,10,14H,1-3H2,(H,13,17)(H,15,16). The smallest absolute Gasteiger partial charge is 0.411 e. The van der Waals surface area contributed by atoms with Gasteiger partial charge in [0.1, 0.15) is 11.9 Å². The van der Waals surface area contributed by atoms with Gasteiger partial charge in [0.2, 0.25) is 0 Å². The Kier molecular flexibility index (Phi) is 3.36. The van der Waals surface area contributed by atoms with Crippen LogP contribution in [-0.2, 0) is 4.74 Å². The third-order valence-electron chi connectivity index (χ3n) is 2.74. The van der Waals surface area contributed by atoms with E-state index >= 15 is 0 Å². The van der Waals surface area contributed by atoms with Gasteiger partial charge in [-0.2, -0.15) is 0 Å². The van der Waals surface area contributed by atoms with Gasteiger partial charge in [-0.05, 0) is 31.4 Å². The maximum Gasteiger partial charge on any atom is 0.411 e. The van der Waals surface area contributed by atoms with Crippen LogP contribution in [0.2, 0.25) is 0 Å². The lowest BCUT2D eigenvalue weighted by Crippen LogP contribution is -2.27. The fraction of sp³-hybridized carbons (Fsp3) is 0.333. The average Bonchev–Trinajstić information content (AvgIpc) is 2.22. The number of hydrogen-bond acceptors (Lipinski definition) is 4. The van der Waals surface area contributed by atoms with Crippen LogP contribution in [0.3, 0.4) is 0 Å². The molecule has 2 rings (SSSR count). The van der Waals surface area contributed by atoms with Crippen LogP contribution < -0.4 is 5.32 Å². The SMILES string of the molecule is O=C(Nc1cc(O)cc(C(=O)O)c1)OC1CCC1. The summed E-state index contributed by atoms with van der Waals surface area (Å²) in [6.45, 7) is 0. The number of nitrogens with one attached hydrogen (secondary N) is 1. The fourth-order valence-electron chi connectivity index (χ4n) is 1.59. The number of aromatic hydroxyl groups is 1. The van der Waals surface area contributed by atoms with Crippen LogP contribution in [0.4, 0.5) is 10.5 Å². The van der Waals surface area contributed by atoms with Gasteiger partial charge in [-0.15, -0.1) is 0 Å². The van der Waals surface area contributed by atoms with Crippen LogP contribution in [-0.4, -0.2) is 28.4 Å². The monoisotopic (exact) mass is 251 g/mol. The first-order chi connectivity index (χ1) is 8.54. The van der Waals surface area contributed by atoms with Gasteiger partial charge >= 0.3 is 12.1 Å². The first-order valence-electron chi connectivity index (χ1n) is 5.59. The third kappa shape index (κ3) is 2.91. The zero-order valence-corrected chi connectivity index (χ0v) is 9.55. The molecule has 96 valence electrons. The van der Waals surface area contributed by atoms with E-state index in [-0.39, 0.29) is 23.1 Å². The number of ether oxygens (including phenoxy) is 1. The second-order valence-electron chi connectivity index (χ2n) is 4.16. The minimum atomic E-state index is -1.18. The Morgan fingerprint density at radius 2 is 2.00 bits per heavy atom. The number of anilines is 1. The molecular formula is C12H13NO5. The van der Waals surface area contributed by atoms with Gasteiger partial charge in [0.15, 0.2) is 0 Å². The van der Waals surface area contributed by atoms with Crippen LogP contribution in [0.15, 0.2) is 18.2 Å². The van der Waals surface area contributed by atoms with Crippen molar-refractivity contribution in [1.29, 1.82) is 0 Å². The summed E-state index contributed by atoms with van der Waals surface area (Å²) in [6, 6.07) is 3.61. The van der Waals surface area contributed by atoms with Gasteiger partial charge < -0.3 is 14.9 Å². The molecule has 6 heteroatoms. The summed E-state index contributed by atoms with van der Waals surface area (Å²) < 4.78 is 5.05. The lowest BCUT2D eigenvalue weighted by Gasteiger charge is -2.25. The molecule has 1 amide bonds. The molecule has 1 saturated carbocycles. The minimum absolute atomic E-state index is 0.0544. The molecule has 6 nitrogen and oxygen atoms in total. The molecule has 0 spiro atoms.